The monoisotopic (exact) mass is 558 g/mol. The first kappa shape index (κ1) is 27.4. The normalized spacial score (nSPS) is 11.2. The lowest BCUT2D eigenvalue weighted by Gasteiger charge is -2.15. The predicted octanol–water partition coefficient (Wildman–Crippen LogP) is 5.60. The summed E-state index contributed by atoms with van der Waals surface area (Å²) in [6, 6.07) is 17.3. The topological polar surface area (TPSA) is 119 Å². The van der Waals surface area contributed by atoms with Crippen molar-refractivity contribution in [2.24, 2.45) is 5.73 Å². The summed E-state index contributed by atoms with van der Waals surface area (Å²) in [6.45, 7) is 2.41. The first-order valence-electron chi connectivity index (χ1n) is 12.9. The highest BCUT2D eigenvalue weighted by Gasteiger charge is 2.17. The number of nitrogens with zero attached hydrogens (tertiary/aromatic N) is 4. The number of hydrogen-bond acceptors (Lipinski definition) is 7. The Kier molecular flexibility index (Phi) is 8.16. The van der Waals surface area contributed by atoms with Crippen molar-refractivity contribution in [1.29, 1.82) is 0 Å². The summed E-state index contributed by atoms with van der Waals surface area (Å²) in [5, 5.41) is 13.5. The maximum atomic E-state index is 13.8. The number of anilines is 2. The van der Waals surface area contributed by atoms with Crippen molar-refractivity contribution in [2.75, 3.05) is 11.9 Å². The zero-order chi connectivity index (χ0) is 28.2. The molecule has 0 atom stereocenters. The number of aliphatic hydroxyl groups is 1. The molecule has 5 aromatic rings. The number of fused-ring (bicyclic) bond motifs is 1. The molecule has 40 heavy (non-hydrogen) atoms. The third-order valence-electron chi connectivity index (χ3n) is 6.58. The molecule has 0 saturated heterocycles. The summed E-state index contributed by atoms with van der Waals surface area (Å²) in [6.07, 6.45) is 3.06. The minimum atomic E-state index is -0.504. The average molecular weight is 559 g/mol. The summed E-state index contributed by atoms with van der Waals surface area (Å²) >= 11 is 6.73. The molecule has 204 valence electrons. The molecular formula is C30H28ClFN6O2. The van der Waals surface area contributed by atoms with Crippen LogP contribution in [0.1, 0.15) is 24.1 Å². The Labute approximate surface area is 235 Å². The minimum Gasteiger partial charge on any atom is -0.392 e. The van der Waals surface area contributed by atoms with E-state index in [9.17, 15) is 14.3 Å². The Morgan fingerprint density at radius 1 is 1.05 bits per heavy atom. The van der Waals surface area contributed by atoms with Gasteiger partial charge in [0.2, 0.25) is 5.95 Å². The van der Waals surface area contributed by atoms with Gasteiger partial charge in [0.15, 0.2) is 0 Å². The molecule has 10 heteroatoms. The number of rotatable bonds is 9. The third kappa shape index (κ3) is 5.72. The largest absolute Gasteiger partial charge is 0.392 e. The number of aliphatic hydroxyl groups excluding tert-OH is 1. The number of nitrogens with two attached hydrogens (primary N) is 1. The van der Waals surface area contributed by atoms with Crippen LogP contribution in [-0.2, 0) is 13.2 Å². The number of pyridine rings is 2. The van der Waals surface area contributed by atoms with Crippen molar-refractivity contribution in [3.8, 4) is 22.4 Å². The van der Waals surface area contributed by atoms with Gasteiger partial charge >= 0.3 is 0 Å². The first-order chi connectivity index (χ1) is 19.4. The maximum absolute atomic E-state index is 13.8. The lowest BCUT2D eigenvalue weighted by molar-refractivity contribution is 0.276. The summed E-state index contributed by atoms with van der Waals surface area (Å²) < 4.78 is 15.4. The standard InChI is InChI=1S/C30H28ClFN6O2/c1-18-5-4-6-27(35-18)19-7-9-23(25(31)15-19)24-14-20-16-34-30(36-22-8-10-26(32)21(13-22)17-39)37-28(20)38(29(24)40)12-3-2-11-33/h4-10,13-16,39H,2-3,11-12,17,33H2,1H3,(H,34,36,37). The Hall–Kier alpha value is -4.18. The summed E-state index contributed by atoms with van der Waals surface area (Å²) in [7, 11) is 0. The lowest BCUT2D eigenvalue weighted by Crippen LogP contribution is -2.24. The van der Waals surface area contributed by atoms with E-state index < -0.39 is 12.4 Å². The van der Waals surface area contributed by atoms with Crippen molar-refractivity contribution >= 4 is 34.3 Å². The van der Waals surface area contributed by atoms with Crippen LogP contribution in [-0.4, -0.2) is 31.2 Å². The molecule has 0 spiro atoms. The molecular weight excluding hydrogens is 531 g/mol. The predicted molar refractivity (Wildman–Crippen MR) is 156 cm³/mol. The number of unbranched alkanes of at least 4 members (excludes halogenated alkanes) is 1. The third-order valence-corrected chi connectivity index (χ3v) is 6.89. The number of hydrogen-bond donors (Lipinski definition) is 3. The van der Waals surface area contributed by atoms with Crippen LogP contribution < -0.4 is 16.6 Å². The van der Waals surface area contributed by atoms with Crippen LogP contribution in [0.5, 0.6) is 0 Å². The lowest BCUT2D eigenvalue weighted by atomic mass is 10.0. The zero-order valence-electron chi connectivity index (χ0n) is 21.9. The second-order valence-electron chi connectivity index (χ2n) is 9.43. The van der Waals surface area contributed by atoms with E-state index >= 15 is 0 Å². The van der Waals surface area contributed by atoms with Gasteiger partial charge < -0.3 is 16.2 Å². The van der Waals surface area contributed by atoms with Crippen molar-refractivity contribution < 1.29 is 9.50 Å². The number of halogens is 2. The molecule has 0 saturated carbocycles. The highest BCUT2D eigenvalue weighted by molar-refractivity contribution is 6.33. The number of benzene rings is 2. The smallest absolute Gasteiger partial charge is 0.260 e. The van der Waals surface area contributed by atoms with E-state index in [0.29, 0.717) is 52.4 Å². The van der Waals surface area contributed by atoms with E-state index in [2.05, 4.69) is 20.3 Å². The zero-order valence-corrected chi connectivity index (χ0v) is 22.6. The molecule has 0 aliphatic rings. The number of nitrogens with one attached hydrogen (secondary N) is 1. The first-order valence-corrected chi connectivity index (χ1v) is 13.3. The van der Waals surface area contributed by atoms with E-state index in [0.717, 1.165) is 23.4 Å². The van der Waals surface area contributed by atoms with Gasteiger partial charge in [-0.05, 0) is 68.8 Å². The van der Waals surface area contributed by atoms with Gasteiger partial charge in [0.1, 0.15) is 11.5 Å². The van der Waals surface area contributed by atoms with Crippen molar-refractivity contribution in [2.45, 2.75) is 32.9 Å². The van der Waals surface area contributed by atoms with Crippen molar-refractivity contribution in [1.82, 2.24) is 19.5 Å². The fourth-order valence-electron chi connectivity index (χ4n) is 4.53. The Bertz CT molecular complexity index is 1760. The van der Waals surface area contributed by atoms with Crippen LogP contribution in [0.2, 0.25) is 5.02 Å². The molecule has 3 heterocycles. The number of aryl methyl sites for hydroxylation is 2. The van der Waals surface area contributed by atoms with Gasteiger partial charge in [0, 0.05) is 56.8 Å². The van der Waals surface area contributed by atoms with Gasteiger partial charge in [-0.15, -0.1) is 0 Å². The van der Waals surface area contributed by atoms with E-state index in [1.807, 2.05) is 43.3 Å². The minimum absolute atomic E-state index is 0.148. The molecule has 5 rings (SSSR count). The number of aromatic nitrogens is 4. The van der Waals surface area contributed by atoms with Crippen LogP contribution in [0.3, 0.4) is 0 Å². The Morgan fingerprint density at radius 3 is 2.65 bits per heavy atom. The van der Waals surface area contributed by atoms with Crippen molar-refractivity contribution in [3.05, 3.63) is 99.3 Å². The highest BCUT2D eigenvalue weighted by atomic mass is 35.5. The average Bonchev–Trinajstić information content (AvgIpc) is 2.95. The molecule has 0 amide bonds. The van der Waals surface area contributed by atoms with E-state index in [4.69, 9.17) is 17.3 Å². The SMILES string of the molecule is Cc1cccc(-c2ccc(-c3cc4cnc(Nc5ccc(F)c(CO)c5)nc4n(CCCCN)c3=O)c(Cl)c2)n1. The molecule has 0 radical (unpaired) electrons. The van der Waals surface area contributed by atoms with Gasteiger partial charge in [-0.1, -0.05) is 29.8 Å². The molecule has 0 aliphatic carbocycles. The molecule has 3 aromatic heterocycles. The Morgan fingerprint density at radius 2 is 1.90 bits per heavy atom. The molecule has 4 N–H and O–H groups in total. The fraction of sp³-hybridized carbons (Fsp3) is 0.200. The molecule has 0 aliphatic heterocycles. The van der Waals surface area contributed by atoms with Gasteiger partial charge in [0.05, 0.1) is 12.3 Å². The van der Waals surface area contributed by atoms with Gasteiger partial charge in [-0.3, -0.25) is 14.3 Å². The van der Waals surface area contributed by atoms with E-state index in [1.54, 1.807) is 16.8 Å². The quantitative estimate of drug-likeness (QED) is 0.202. The van der Waals surface area contributed by atoms with Gasteiger partial charge in [0.25, 0.3) is 5.56 Å². The van der Waals surface area contributed by atoms with Crippen LogP contribution in [0, 0.1) is 12.7 Å². The second kappa shape index (κ2) is 11.9. The van der Waals surface area contributed by atoms with E-state index in [1.165, 1.54) is 18.2 Å². The van der Waals surface area contributed by atoms with Crippen LogP contribution in [0.4, 0.5) is 16.0 Å². The summed E-state index contributed by atoms with van der Waals surface area (Å²) in [5.41, 5.74) is 10.2. The van der Waals surface area contributed by atoms with Crippen LogP contribution in [0.25, 0.3) is 33.4 Å². The molecule has 0 bridgehead atoms. The highest BCUT2D eigenvalue weighted by Crippen LogP contribution is 2.32. The van der Waals surface area contributed by atoms with Crippen molar-refractivity contribution in [3.63, 3.8) is 0 Å². The van der Waals surface area contributed by atoms with E-state index in [-0.39, 0.29) is 17.1 Å². The summed E-state index contributed by atoms with van der Waals surface area (Å²) in [4.78, 5) is 27.4. The molecule has 0 fully saturated rings. The van der Waals surface area contributed by atoms with Crippen LogP contribution in [0.15, 0.2) is 71.7 Å². The Balaban J connectivity index is 1.57. The fourth-order valence-corrected chi connectivity index (χ4v) is 4.82. The maximum Gasteiger partial charge on any atom is 0.260 e. The molecule has 2 aromatic carbocycles. The second-order valence-corrected chi connectivity index (χ2v) is 9.84. The van der Waals surface area contributed by atoms with Crippen LogP contribution >= 0.6 is 11.6 Å². The van der Waals surface area contributed by atoms with Gasteiger partial charge in [-0.25, -0.2) is 9.37 Å². The summed E-state index contributed by atoms with van der Waals surface area (Å²) in [5.74, 6) is -0.272. The van der Waals surface area contributed by atoms with Gasteiger partial charge in [-0.2, -0.15) is 4.98 Å². The molecule has 8 nitrogen and oxygen atoms in total. The molecule has 0 unspecified atom stereocenters.